The summed E-state index contributed by atoms with van der Waals surface area (Å²) in [6.45, 7) is 4.33. The topological polar surface area (TPSA) is 39.9 Å². The van der Waals surface area contributed by atoms with Crippen LogP contribution in [0.15, 0.2) is 24.3 Å². The van der Waals surface area contributed by atoms with Gasteiger partial charge in [-0.2, -0.15) is 5.10 Å². The monoisotopic (exact) mass is 305 g/mol. The molecule has 0 radical (unpaired) electrons. The Morgan fingerprint density at radius 1 is 1.38 bits per heavy atom. The van der Waals surface area contributed by atoms with Gasteiger partial charge >= 0.3 is 0 Å². The van der Waals surface area contributed by atoms with Crippen LogP contribution < -0.4 is 0 Å². The van der Waals surface area contributed by atoms with Crippen LogP contribution in [-0.2, 0) is 17.7 Å². The zero-order valence-electron chi connectivity index (χ0n) is 12.3. The first kappa shape index (κ1) is 14.5. The largest absolute Gasteiger partial charge is 0.381 e. The Bertz CT molecular complexity index is 605. The van der Waals surface area contributed by atoms with Gasteiger partial charge in [0.1, 0.15) is 11.6 Å². The van der Waals surface area contributed by atoms with Gasteiger partial charge < -0.3 is 4.74 Å². The van der Waals surface area contributed by atoms with Crippen molar-refractivity contribution in [2.45, 2.75) is 32.7 Å². The number of hydrogen-bond donors (Lipinski definition) is 0. The lowest BCUT2D eigenvalue weighted by molar-refractivity contribution is 0.0539. The lowest BCUT2D eigenvalue weighted by Crippen LogP contribution is -2.21. The first-order chi connectivity index (χ1) is 10.2. The Morgan fingerprint density at radius 3 is 3.00 bits per heavy atom. The molecular formula is C16H20ClN3O. The van der Waals surface area contributed by atoms with Gasteiger partial charge in [-0.25, -0.2) is 9.67 Å². The molecule has 1 aliphatic rings. The van der Waals surface area contributed by atoms with Crippen molar-refractivity contribution in [3.63, 3.8) is 0 Å². The van der Waals surface area contributed by atoms with Crippen molar-refractivity contribution >= 4 is 11.6 Å². The minimum Gasteiger partial charge on any atom is -0.381 e. The van der Waals surface area contributed by atoms with Gasteiger partial charge in [0.15, 0.2) is 0 Å². The summed E-state index contributed by atoms with van der Waals surface area (Å²) < 4.78 is 7.54. The fourth-order valence-electron chi connectivity index (χ4n) is 2.79. The van der Waals surface area contributed by atoms with Crippen LogP contribution in [-0.4, -0.2) is 28.0 Å². The van der Waals surface area contributed by atoms with E-state index in [2.05, 4.69) is 10.1 Å². The Labute approximate surface area is 130 Å². The van der Waals surface area contributed by atoms with Crippen molar-refractivity contribution in [1.82, 2.24) is 14.8 Å². The number of benzene rings is 1. The van der Waals surface area contributed by atoms with E-state index >= 15 is 0 Å². The van der Waals surface area contributed by atoms with Gasteiger partial charge in [-0.1, -0.05) is 29.8 Å². The predicted octanol–water partition coefficient (Wildman–Crippen LogP) is 3.26. The molecule has 2 heterocycles. The van der Waals surface area contributed by atoms with Gasteiger partial charge in [0.25, 0.3) is 0 Å². The van der Waals surface area contributed by atoms with E-state index in [0.29, 0.717) is 12.5 Å². The second-order valence-electron chi connectivity index (χ2n) is 5.61. The molecule has 0 N–H and O–H groups in total. The molecule has 1 unspecified atom stereocenters. The molecule has 5 heteroatoms. The van der Waals surface area contributed by atoms with E-state index < -0.39 is 0 Å². The van der Waals surface area contributed by atoms with Gasteiger partial charge in [0.2, 0.25) is 0 Å². The molecule has 0 aliphatic carbocycles. The highest BCUT2D eigenvalue weighted by Gasteiger charge is 2.18. The summed E-state index contributed by atoms with van der Waals surface area (Å²) in [6, 6.07) is 7.89. The van der Waals surface area contributed by atoms with Gasteiger partial charge in [-0.15, -0.1) is 0 Å². The van der Waals surface area contributed by atoms with Crippen LogP contribution in [0.4, 0.5) is 0 Å². The van der Waals surface area contributed by atoms with Crippen molar-refractivity contribution in [3.05, 3.63) is 46.5 Å². The quantitative estimate of drug-likeness (QED) is 0.870. The maximum atomic E-state index is 6.24. The van der Waals surface area contributed by atoms with E-state index in [0.717, 1.165) is 48.3 Å². The van der Waals surface area contributed by atoms with Gasteiger partial charge in [-0.05, 0) is 37.3 Å². The van der Waals surface area contributed by atoms with Crippen molar-refractivity contribution in [2.75, 3.05) is 13.2 Å². The Morgan fingerprint density at radius 2 is 2.24 bits per heavy atom. The summed E-state index contributed by atoms with van der Waals surface area (Å²) >= 11 is 6.24. The number of ether oxygens (including phenoxy) is 1. The Kier molecular flexibility index (Phi) is 4.56. The summed E-state index contributed by atoms with van der Waals surface area (Å²) in [6.07, 6.45) is 3.27. The third-order valence-corrected chi connectivity index (χ3v) is 4.23. The molecule has 112 valence electrons. The normalized spacial score (nSPS) is 18.9. The highest BCUT2D eigenvalue weighted by atomic mass is 35.5. The summed E-state index contributed by atoms with van der Waals surface area (Å²) in [7, 11) is 0. The van der Waals surface area contributed by atoms with Crippen LogP contribution in [0, 0.1) is 12.8 Å². The molecule has 1 saturated heterocycles. The minimum atomic E-state index is 0.548. The van der Waals surface area contributed by atoms with E-state index in [1.54, 1.807) is 0 Å². The highest BCUT2D eigenvalue weighted by Crippen LogP contribution is 2.20. The molecule has 1 aliphatic heterocycles. The maximum Gasteiger partial charge on any atom is 0.147 e. The maximum absolute atomic E-state index is 6.24. The smallest absolute Gasteiger partial charge is 0.147 e. The second kappa shape index (κ2) is 6.58. The lowest BCUT2D eigenvalue weighted by atomic mass is 9.98. The predicted molar refractivity (Wildman–Crippen MR) is 82.6 cm³/mol. The molecule has 3 rings (SSSR count). The summed E-state index contributed by atoms with van der Waals surface area (Å²) in [5, 5.41) is 5.29. The first-order valence-electron chi connectivity index (χ1n) is 7.44. The van der Waals surface area contributed by atoms with Crippen LogP contribution in [0.1, 0.15) is 30.1 Å². The summed E-state index contributed by atoms with van der Waals surface area (Å²) in [4.78, 5) is 4.58. The van der Waals surface area contributed by atoms with Crippen molar-refractivity contribution < 1.29 is 4.74 Å². The van der Waals surface area contributed by atoms with Gasteiger partial charge in [0, 0.05) is 24.7 Å². The van der Waals surface area contributed by atoms with E-state index in [1.165, 1.54) is 6.42 Å². The minimum absolute atomic E-state index is 0.548. The van der Waals surface area contributed by atoms with Crippen LogP contribution in [0.2, 0.25) is 5.02 Å². The van der Waals surface area contributed by atoms with Crippen molar-refractivity contribution in [3.8, 4) is 0 Å². The van der Waals surface area contributed by atoms with Gasteiger partial charge in [-0.3, -0.25) is 0 Å². The number of rotatable bonds is 4. The second-order valence-corrected chi connectivity index (χ2v) is 6.02. The van der Waals surface area contributed by atoms with Gasteiger partial charge in [0.05, 0.1) is 6.54 Å². The molecule has 1 fully saturated rings. The van der Waals surface area contributed by atoms with Crippen LogP contribution >= 0.6 is 11.6 Å². The van der Waals surface area contributed by atoms with Crippen LogP contribution in [0.5, 0.6) is 0 Å². The van der Waals surface area contributed by atoms with E-state index in [9.17, 15) is 0 Å². The van der Waals surface area contributed by atoms with E-state index in [4.69, 9.17) is 16.3 Å². The van der Waals surface area contributed by atoms with Crippen LogP contribution in [0.3, 0.4) is 0 Å². The molecule has 21 heavy (non-hydrogen) atoms. The lowest BCUT2D eigenvalue weighted by Gasteiger charge is -2.21. The first-order valence-corrected chi connectivity index (χ1v) is 7.81. The highest BCUT2D eigenvalue weighted by molar-refractivity contribution is 6.31. The zero-order valence-corrected chi connectivity index (χ0v) is 13.0. The molecule has 1 aromatic heterocycles. The average molecular weight is 306 g/mol. The molecule has 2 aromatic rings. The third kappa shape index (κ3) is 3.63. The fraction of sp³-hybridized carbons (Fsp3) is 0.500. The SMILES string of the molecule is Cc1nc(CC2CCCOC2)n(Cc2ccccc2Cl)n1. The number of hydrogen-bond acceptors (Lipinski definition) is 3. The molecule has 0 bridgehead atoms. The molecule has 1 aromatic carbocycles. The number of halogens is 1. The van der Waals surface area contributed by atoms with Crippen molar-refractivity contribution in [2.24, 2.45) is 5.92 Å². The molecular weight excluding hydrogens is 286 g/mol. The Hall–Kier alpha value is -1.39. The molecule has 0 saturated carbocycles. The van der Waals surface area contributed by atoms with Crippen LogP contribution in [0.25, 0.3) is 0 Å². The van der Waals surface area contributed by atoms with Crippen molar-refractivity contribution in [1.29, 1.82) is 0 Å². The number of aryl methyl sites for hydroxylation is 1. The Balaban J connectivity index is 1.77. The summed E-state index contributed by atoms with van der Waals surface area (Å²) in [5.74, 6) is 2.39. The fourth-order valence-corrected chi connectivity index (χ4v) is 2.99. The molecule has 0 spiro atoms. The van der Waals surface area contributed by atoms with E-state index in [-0.39, 0.29) is 0 Å². The number of aromatic nitrogens is 3. The zero-order chi connectivity index (χ0) is 14.7. The average Bonchev–Trinajstić information content (AvgIpc) is 2.82. The molecule has 0 amide bonds. The molecule has 4 nitrogen and oxygen atoms in total. The number of nitrogens with zero attached hydrogens (tertiary/aromatic N) is 3. The summed E-state index contributed by atoms with van der Waals surface area (Å²) in [5.41, 5.74) is 1.07. The third-order valence-electron chi connectivity index (χ3n) is 3.86. The molecule has 1 atom stereocenters. The standard InChI is InChI=1S/C16H20ClN3O/c1-12-18-16(9-13-5-4-8-21-11-13)20(19-12)10-14-6-2-3-7-15(14)17/h2-3,6-7,13H,4-5,8-11H2,1H3. The van der Waals surface area contributed by atoms with E-state index in [1.807, 2.05) is 35.9 Å².